The first kappa shape index (κ1) is 21.8. The summed E-state index contributed by atoms with van der Waals surface area (Å²) in [6.07, 6.45) is 2.85. The van der Waals surface area contributed by atoms with Crippen molar-refractivity contribution >= 4 is 22.8 Å². The maximum atomic E-state index is 14.6. The Balaban J connectivity index is 1.69. The Morgan fingerprint density at radius 2 is 2.03 bits per heavy atom. The number of amides is 1. The second-order valence-electron chi connectivity index (χ2n) is 7.58. The van der Waals surface area contributed by atoms with E-state index in [1.807, 2.05) is 0 Å². The average molecular weight is 442 g/mol. The van der Waals surface area contributed by atoms with Crippen LogP contribution in [0, 0.1) is 0 Å². The van der Waals surface area contributed by atoms with Crippen molar-refractivity contribution in [2.45, 2.75) is 18.4 Å². The fourth-order valence-corrected chi connectivity index (χ4v) is 3.67. The van der Waals surface area contributed by atoms with Crippen LogP contribution in [-0.4, -0.2) is 66.6 Å². The van der Waals surface area contributed by atoms with Gasteiger partial charge in [0.25, 0.3) is 11.8 Å². The highest BCUT2D eigenvalue weighted by atomic mass is 19.3. The van der Waals surface area contributed by atoms with Crippen LogP contribution in [0.25, 0.3) is 22.3 Å². The molecule has 2 aromatic heterocycles. The summed E-state index contributed by atoms with van der Waals surface area (Å²) >= 11 is 0. The van der Waals surface area contributed by atoms with Gasteiger partial charge < -0.3 is 20.3 Å². The number of aromatic nitrogens is 3. The van der Waals surface area contributed by atoms with Gasteiger partial charge in [0, 0.05) is 51.6 Å². The standard InChI is InChI=1S/C22H24F2N6O2/c1-25-19(31)13-32-15-5-3-14(4-6-15)16-11-17-20(28-10-9-27-17)21(29-16)30(2)18-12-26-8-7-22(18,23)24/h3-6,9-11,18,26H,7-8,12-13H2,1-2H3,(H,25,31)/t18-/m1/s1. The van der Waals surface area contributed by atoms with Crippen LogP contribution in [0.4, 0.5) is 14.6 Å². The molecule has 1 aliphatic rings. The summed E-state index contributed by atoms with van der Waals surface area (Å²) in [4.78, 5) is 26.3. The molecule has 0 unspecified atom stereocenters. The van der Waals surface area contributed by atoms with Crippen molar-refractivity contribution < 1.29 is 18.3 Å². The van der Waals surface area contributed by atoms with E-state index in [1.165, 1.54) is 18.1 Å². The normalized spacial score (nSPS) is 17.7. The number of rotatable bonds is 6. The molecule has 1 aromatic carbocycles. The van der Waals surface area contributed by atoms with Gasteiger partial charge in [0.1, 0.15) is 17.3 Å². The fourth-order valence-electron chi connectivity index (χ4n) is 3.67. The average Bonchev–Trinajstić information content (AvgIpc) is 2.81. The number of likely N-dealkylation sites (N-methyl/N-ethyl adjacent to an activating group) is 2. The van der Waals surface area contributed by atoms with Crippen molar-refractivity contribution in [1.82, 2.24) is 25.6 Å². The van der Waals surface area contributed by atoms with Gasteiger partial charge in [0.2, 0.25) is 0 Å². The van der Waals surface area contributed by atoms with E-state index in [9.17, 15) is 13.6 Å². The van der Waals surface area contributed by atoms with Gasteiger partial charge in [0.05, 0.1) is 11.2 Å². The van der Waals surface area contributed by atoms with E-state index in [-0.39, 0.29) is 32.0 Å². The number of nitrogens with one attached hydrogen (secondary N) is 2. The van der Waals surface area contributed by atoms with Gasteiger partial charge in [-0.15, -0.1) is 0 Å². The van der Waals surface area contributed by atoms with Crippen molar-refractivity contribution in [1.29, 1.82) is 0 Å². The fraction of sp³-hybridized carbons (Fsp3) is 0.364. The molecular formula is C22H24F2N6O2. The smallest absolute Gasteiger partial charge is 0.270 e. The molecule has 1 atom stereocenters. The molecule has 168 valence electrons. The molecule has 4 rings (SSSR count). The van der Waals surface area contributed by atoms with Crippen LogP contribution in [0.2, 0.25) is 0 Å². The molecule has 1 amide bonds. The van der Waals surface area contributed by atoms with Gasteiger partial charge in [-0.1, -0.05) is 0 Å². The molecule has 8 nitrogen and oxygen atoms in total. The SMILES string of the molecule is CNC(=O)COc1ccc(-c2cc3nccnc3c(N(C)[C@@H]3CNCCC3(F)F)n2)cc1. The maximum absolute atomic E-state index is 14.6. The molecule has 1 saturated heterocycles. The zero-order chi connectivity index (χ0) is 22.7. The molecule has 1 aliphatic heterocycles. The predicted molar refractivity (Wildman–Crippen MR) is 117 cm³/mol. The molecule has 10 heteroatoms. The minimum Gasteiger partial charge on any atom is -0.484 e. The van der Waals surface area contributed by atoms with Crippen LogP contribution < -0.4 is 20.3 Å². The molecule has 0 aliphatic carbocycles. The Bertz CT molecular complexity index is 1110. The largest absolute Gasteiger partial charge is 0.484 e. The van der Waals surface area contributed by atoms with Gasteiger partial charge in [-0.3, -0.25) is 9.78 Å². The van der Waals surface area contributed by atoms with E-state index in [0.29, 0.717) is 28.3 Å². The van der Waals surface area contributed by atoms with Gasteiger partial charge >= 0.3 is 0 Å². The molecule has 0 saturated carbocycles. The quantitative estimate of drug-likeness (QED) is 0.605. The second kappa shape index (κ2) is 8.99. The van der Waals surface area contributed by atoms with Crippen molar-refractivity contribution in [3.8, 4) is 17.0 Å². The van der Waals surface area contributed by atoms with Crippen LogP contribution in [-0.2, 0) is 4.79 Å². The lowest BCUT2D eigenvalue weighted by Crippen LogP contribution is -2.57. The number of anilines is 1. The number of nitrogens with zero attached hydrogens (tertiary/aromatic N) is 4. The zero-order valence-corrected chi connectivity index (χ0v) is 17.8. The summed E-state index contributed by atoms with van der Waals surface area (Å²) < 4.78 is 34.7. The third-order valence-corrected chi connectivity index (χ3v) is 5.50. The van der Waals surface area contributed by atoms with E-state index in [0.717, 1.165) is 5.56 Å². The number of piperidine rings is 1. The van der Waals surface area contributed by atoms with E-state index in [4.69, 9.17) is 4.74 Å². The predicted octanol–water partition coefficient (Wildman–Crippen LogP) is 2.25. The summed E-state index contributed by atoms with van der Waals surface area (Å²) in [5.41, 5.74) is 2.36. The molecular weight excluding hydrogens is 418 g/mol. The van der Waals surface area contributed by atoms with Crippen LogP contribution in [0.3, 0.4) is 0 Å². The number of carbonyl (C=O) groups excluding carboxylic acids is 1. The number of carbonyl (C=O) groups is 1. The molecule has 0 radical (unpaired) electrons. The number of halogens is 2. The lowest BCUT2D eigenvalue weighted by molar-refractivity contribution is -0.122. The first-order valence-electron chi connectivity index (χ1n) is 10.3. The molecule has 3 aromatic rings. The Morgan fingerprint density at radius 3 is 2.75 bits per heavy atom. The van der Waals surface area contributed by atoms with Crippen molar-refractivity contribution in [3.05, 3.63) is 42.7 Å². The highest BCUT2D eigenvalue weighted by molar-refractivity contribution is 5.89. The molecule has 3 heterocycles. The van der Waals surface area contributed by atoms with E-state index >= 15 is 0 Å². The Kier molecular flexibility index (Phi) is 6.13. The van der Waals surface area contributed by atoms with Crippen LogP contribution in [0.5, 0.6) is 5.75 Å². The molecule has 1 fully saturated rings. The van der Waals surface area contributed by atoms with E-state index in [2.05, 4.69) is 25.6 Å². The molecule has 2 N–H and O–H groups in total. The van der Waals surface area contributed by atoms with Crippen molar-refractivity contribution in [3.63, 3.8) is 0 Å². The summed E-state index contributed by atoms with van der Waals surface area (Å²) in [5.74, 6) is -2.21. The Morgan fingerprint density at radius 1 is 1.28 bits per heavy atom. The number of hydrogen-bond donors (Lipinski definition) is 2. The highest BCUT2D eigenvalue weighted by Crippen LogP contribution is 2.34. The summed E-state index contributed by atoms with van der Waals surface area (Å²) in [5, 5.41) is 5.53. The van der Waals surface area contributed by atoms with Gasteiger partial charge in [0.15, 0.2) is 12.4 Å². The number of alkyl halides is 2. The van der Waals surface area contributed by atoms with Gasteiger partial charge in [-0.2, -0.15) is 0 Å². The number of fused-ring (bicyclic) bond motifs is 1. The maximum Gasteiger partial charge on any atom is 0.270 e. The Labute approximate surface area is 184 Å². The zero-order valence-electron chi connectivity index (χ0n) is 17.8. The molecule has 0 spiro atoms. The third-order valence-electron chi connectivity index (χ3n) is 5.50. The number of pyridine rings is 1. The Hall–Kier alpha value is -3.40. The number of hydrogen-bond acceptors (Lipinski definition) is 7. The van der Waals surface area contributed by atoms with Crippen LogP contribution in [0.1, 0.15) is 6.42 Å². The van der Waals surface area contributed by atoms with E-state index in [1.54, 1.807) is 43.6 Å². The van der Waals surface area contributed by atoms with Crippen molar-refractivity contribution in [2.24, 2.45) is 0 Å². The van der Waals surface area contributed by atoms with Crippen molar-refractivity contribution in [2.75, 3.05) is 38.7 Å². The highest BCUT2D eigenvalue weighted by Gasteiger charge is 2.44. The summed E-state index contributed by atoms with van der Waals surface area (Å²) in [6, 6.07) is 7.77. The summed E-state index contributed by atoms with van der Waals surface area (Å²) in [7, 11) is 3.15. The molecule has 0 bridgehead atoms. The summed E-state index contributed by atoms with van der Waals surface area (Å²) in [6.45, 7) is 0.340. The number of ether oxygens (including phenoxy) is 1. The third kappa shape index (κ3) is 4.45. The van der Waals surface area contributed by atoms with Crippen LogP contribution in [0.15, 0.2) is 42.7 Å². The van der Waals surface area contributed by atoms with E-state index < -0.39 is 12.0 Å². The monoisotopic (exact) mass is 442 g/mol. The topological polar surface area (TPSA) is 92.3 Å². The lowest BCUT2D eigenvalue weighted by Gasteiger charge is -2.38. The number of benzene rings is 1. The minimum absolute atomic E-state index is 0.0851. The van der Waals surface area contributed by atoms with Gasteiger partial charge in [-0.25, -0.2) is 18.7 Å². The lowest BCUT2D eigenvalue weighted by atomic mass is 10.0. The first-order chi connectivity index (χ1) is 15.4. The first-order valence-corrected chi connectivity index (χ1v) is 10.3. The minimum atomic E-state index is -2.85. The molecule has 32 heavy (non-hydrogen) atoms. The second-order valence-corrected chi connectivity index (χ2v) is 7.58. The van der Waals surface area contributed by atoms with Crippen LogP contribution >= 0.6 is 0 Å². The van der Waals surface area contributed by atoms with Gasteiger partial charge in [-0.05, 0) is 30.3 Å².